The molecule has 0 heterocycles. The molecule has 2 rings (SSSR count). The maximum atomic E-state index is 12.4. The van der Waals surface area contributed by atoms with E-state index in [0.29, 0.717) is 14.6 Å². The third kappa shape index (κ3) is 5.80. The van der Waals surface area contributed by atoms with Crippen LogP contribution in [-0.4, -0.2) is 16.6 Å². The molecule has 1 amide bonds. The zero-order valence-electron chi connectivity index (χ0n) is 15.4. The van der Waals surface area contributed by atoms with Crippen LogP contribution in [0.5, 0.6) is 0 Å². The first-order valence-electron chi connectivity index (χ1n) is 8.16. The Kier molecular flexibility index (Phi) is 7.10. The number of rotatable bonds is 5. The minimum Gasteiger partial charge on any atom is -0.323 e. The van der Waals surface area contributed by atoms with E-state index in [-0.39, 0.29) is 22.8 Å². The van der Waals surface area contributed by atoms with Crippen LogP contribution in [0.15, 0.2) is 44.2 Å². The topological polar surface area (TPSA) is 72.2 Å². The highest BCUT2D eigenvalue weighted by molar-refractivity contribution is 9.11. The average molecular weight is 516 g/mol. The SMILES string of the molecule is Cc1ccc(C(C)(C)C)cc1SCC(=O)Nc1c(Br)cc([N+](=O)[O-])cc1Br. The van der Waals surface area contributed by atoms with Crippen molar-refractivity contribution in [2.24, 2.45) is 0 Å². The standard InChI is InChI=1S/C19H20Br2N2O3S/c1-11-5-6-12(19(2,3)4)7-16(11)27-10-17(24)22-18-14(20)8-13(23(25)26)9-15(18)21/h5-9H,10H2,1-4H3,(H,22,24). The molecule has 2 aromatic rings. The molecule has 0 aliphatic rings. The monoisotopic (exact) mass is 514 g/mol. The fourth-order valence-corrected chi connectivity index (χ4v) is 4.55. The lowest BCUT2D eigenvalue weighted by Gasteiger charge is -2.20. The van der Waals surface area contributed by atoms with Crippen LogP contribution in [0.1, 0.15) is 31.9 Å². The van der Waals surface area contributed by atoms with Gasteiger partial charge in [0.2, 0.25) is 5.91 Å². The van der Waals surface area contributed by atoms with E-state index in [2.05, 4.69) is 76.1 Å². The number of hydrogen-bond donors (Lipinski definition) is 1. The molecule has 5 nitrogen and oxygen atoms in total. The molecule has 1 N–H and O–H groups in total. The van der Waals surface area contributed by atoms with Crippen molar-refractivity contribution in [3.8, 4) is 0 Å². The number of amides is 1. The molecule has 2 aromatic carbocycles. The number of hydrogen-bond acceptors (Lipinski definition) is 4. The molecule has 0 aromatic heterocycles. The zero-order valence-corrected chi connectivity index (χ0v) is 19.4. The normalized spacial score (nSPS) is 11.3. The zero-order chi connectivity index (χ0) is 20.4. The van der Waals surface area contributed by atoms with Crippen molar-refractivity contribution in [3.05, 3.63) is 60.5 Å². The maximum absolute atomic E-state index is 12.4. The second-order valence-electron chi connectivity index (χ2n) is 7.11. The van der Waals surface area contributed by atoms with Gasteiger partial charge in [-0.05, 0) is 61.4 Å². The van der Waals surface area contributed by atoms with E-state index in [1.807, 2.05) is 6.92 Å². The van der Waals surface area contributed by atoms with E-state index >= 15 is 0 Å². The number of thioether (sulfide) groups is 1. The van der Waals surface area contributed by atoms with Crippen LogP contribution in [0, 0.1) is 17.0 Å². The van der Waals surface area contributed by atoms with Gasteiger partial charge >= 0.3 is 0 Å². The number of benzene rings is 2. The van der Waals surface area contributed by atoms with Crippen LogP contribution in [0.25, 0.3) is 0 Å². The molecule has 0 unspecified atom stereocenters. The summed E-state index contributed by atoms with van der Waals surface area (Å²) in [6, 6.07) is 9.05. The number of halogens is 2. The Hall–Kier alpha value is -1.38. The van der Waals surface area contributed by atoms with Crippen molar-refractivity contribution in [3.63, 3.8) is 0 Å². The summed E-state index contributed by atoms with van der Waals surface area (Å²) < 4.78 is 0.903. The summed E-state index contributed by atoms with van der Waals surface area (Å²) in [5, 5.41) is 13.7. The molecular formula is C19H20Br2N2O3S. The summed E-state index contributed by atoms with van der Waals surface area (Å²) >= 11 is 8.03. The van der Waals surface area contributed by atoms with E-state index in [9.17, 15) is 14.9 Å². The molecule has 0 fully saturated rings. The Morgan fingerprint density at radius 2 is 1.78 bits per heavy atom. The van der Waals surface area contributed by atoms with Gasteiger partial charge in [-0.1, -0.05) is 32.9 Å². The van der Waals surface area contributed by atoms with E-state index < -0.39 is 4.92 Å². The van der Waals surface area contributed by atoms with Gasteiger partial charge in [-0.3, -0.25) is 14.9 Å². The fraction of sp³-hybridized carbons (Fsp3) is 0.316. The smallest absolute Gasteiger partial charge is 0.271 e. The number of nitrogens with zero attached hydrogens (tertiary/aromatic N) is 1. The second-order valence-corrected chi connectivity index (χ2v) is 9.83. The van der Waals surface area contributed by atoms with Crippen molar-refractivity contribution in [2.75, 3.05) is 11.1 Å². The van der Waals surface area contributed by atoms with Gasteiger partial charge in [0, 0.05) is 26.0 Å². The van der Waals surface area contributed by atoms with Crippen molar-refractivity contribution < 1.29 is 9.72 Å². The number of anilines is 1. The highest BCUT2D eigenvalue weighted by Gasteiger charge is 2.17. The average Bonchev–Trinajstić information content (AvgIpc) is 2.56. The summed E-state index contributed by atoms with van der Waals surface area (Å²) in [4.78, 5) is 23.9. The lowest BCUT2D eigenvalue weighted by atomic mass is 9.87. The lowest BCUT2D eigenvalue weighted by molar-refractivity contribution is -0.385. The number of carbonyl (C=O) groups is 1. The van der Waals surface area contributed by atoms with Crippen LogP contribution in [0.3, 0.4) is 0 Å². The largest absolute Gasteiger partial charge is 0.323 e. The Morgan fingerprint density at radius 1 is 1.19 bits per heavy atom. The number of carbonyl (C=O) groups excluding carboxylic acids is 1. The minimum absolute atomic E-state index is 0.0414. The van der Waals surface area contributed by atoms with E-state index in [0.717, 1.165) is 10.5 Å². The molecule has 27 heavy (non-hydrogen) atoms. The van der Waals surface area contributed by atoms with E-state index in [1.165, 1.54) is 29.5 Å². The molecule has 144 valence electrons. The summed E-state index contributed by atoms with van der Waals surface area (Å²) in [7, 11) is 0. The number of nitro groups is 1. The third-order valence-electron chi connectivity index (χ3n) is 3.92. The molecule has 8 heteroatoms. The molecule has 0 bridgehead atoms. The molecule has 0 radical (unpaired) electrons. The molecule has 0 aliphatic carbocycles. The fourth-order valence-electron chi connectivity index (χ4n) is 2.33. The maximum Gasteiger partial charge on any atom is 0.271 e. The Labute approximate surface area is 179 Å². The molecule has 0 saturated heterocycles. The Morgan fingerprint density at radius 3 is 2.30 bits per heavy atom. The van der Waals surface area contributed by atoms with Crippen LogP contribution < -0.4 is 5.32 Å². The number of nitrogens with one attached hydrogen (secondary N) is 1. The van der Waals surface area contributed by atoms with Gasteiger partial charge < -0.3 is 5.32 Å². The predicted octanol–water partition coefficient (Wildman–Crippen LogP) is 6.46. The van der Waals surface area contributed by atoms with Crippen LogP contribution in [0.4, 0.5) is 11.4 Å². The van der Waals surface area contributed by atoms with Crippen molar-refractivity contribution >= 4 is 60.9 Å². The third-order valence-corrected chi connectivity index (χ3v) is 6.32. The van der Waals surface area contributed by atoms with Gasteiger partial charge in [-0.15, -0.1) is 11.8 Å². The summed E-state index contributed by atoms with van der Waals surface area (Å²) in [6.07, 6.45) is 0. The molecule has 0 aliphatic heterocycles. The minimum atomic E-state index is -0.484. The summed E-state index contributed by atoms with van der Waals surface area (Å²) in [6.45, 7) is 8.49. The Balaban J connectivity index is 2.11. The van der Waals surface area contributed by atoms with Crippen LogP contribution in [0.2, 0.25) is 0 Å². The van der Waals surface area contributed by atoms with Crippen LogP contribution >= 0.6 is 43.6 Å². The second kappa shape index (κ2) is 8.75. The summed E-state index contributed by atoms with van der Waals surface area (Å²) in [5.74, 6) is 0.0559. The first-order chi connectivity index (χ1) is 12.5. The van der Waals surface area contributed by atoms with Gasteiger partial charge in [-0.2, -0.15) is 0 Å². The van der Waals surface area contributed by atoms with Gasteiger partial charge in [0.1, 0.15) is 0 Å². The molecule has 0 saturated carbocycles. The molecule has 0 atom stereocenters. The molecule has 0 spiro atoms. The van der Waals surface area contributed by atoms with Gasteiger partial charge in [-0.25, -0.2) is 0 Å². The van der Waals surface area contributed by atoms with Crippen molar-refractivity contribution in [1.82, 2.24) is 0 Å². The predicted molar refractivity (Wildman–Crippen MR) is 118 cm³/mol. The van der Waals surface area contributed by atoms with Crippen LogP contribution in [-0.2, 0) is 10.2 Å². The summed E-state index contributed by atoms with van der Waals surface area (Å²) in [5.41, 5.74) is 2.80. The quantitative estimate of drug-likeness (QED) is 0.282. The lowest BCUT2D eigenvalue weighted by Crippen LogP contribution is -2.15. The van der Waals surface area contributed by atoms with Gasteiger partial charge in [0.15, 0.2) is 0 Å². The first kappa shape index (κ1) is 21.9. The van der Waals surface area contributed by atoms with Gasteiger partial charge in [0.05, 0.1) is 16.4 Å². The highest BCUT2D eigenvalue weighted by atomic mass is 79.9. The first-order valence-corrected chi connectivity index (χ1v) is 10.7. The number of non-ortho nitro benzene ring substituents is 1. The van der Waals surface area contributed by atoms with E-state index in [4.69, 9.17) is 0 Å². The Bertz CT molecular complexity index is 872. The van der Waals surface area contributed by atoms with Gasteiger partial charge in [0.25, 0.3) is 5.69 Å². The van der Waals surface area contributed by atoms with Crippen molar-refractivity contribution in [1.29, 1.82) is 0 Å². The van der Waals surface area contributed by atoms with Crippen molar-refractivity contribution in [2.45, 2.75) is 38.0 Å². The molecular weight excluding hydrogens is 496 g/mol. The number of nitro benzene ring substituents is 1. The van der Waals surface area contributed by atoms with E-state index in [1.54, 1.807) is 0 Å². The highest BCUT2D eigenvalue weighted by Crippen LogP contribution is 2.35. The number of aryl methyl sites for hydroxylation is 1.